The topological polar surface area (TPSA) is 54.7 Å². The van der Waals surface area contributed by atoms with E-state index >= 15 is 0 Å². The van der Waals surface area contributed by atoms with E-state index in [0.717, 1.165) is 22.4 Å². The lowest BCUT2D eigenvalue weighted by atomic mass is 9.92. The molecule has 3 heteroatoms. The van der Waals surface area contributed by atoms with Crippen molar-refractivity contribution in [3.05, 3.63) is 65.5 Å². The number of H-pyrrole nitrogens is 1. The molecular formula is C16H17N3. The van der Waals surface area contributed by atoms with E-state index in [2.05, 4.69) is 29.0 Å². The van der Waals surface area contributed by atoms with Gasteiger partial charge in [0.2, 0.25) is 0 Å². The number of benzene rings is 2. The van der Waals surface area contributed by atoms with E-state index in [1.807, 2.05) is 43.3 Å². The van der Waals surface area contributed by atoms with Gasteiger partial charge in [0.1, 0.15) is 5.82 Å². The van der Waals surface area contributed by atoms with Gasteiger partial charge in [0.15, 0.2) is 0 Å². The van der Waals surface area contributed by atoms with Crippen LogP contribution < -0.4 is 5.73 Å². The summed E-state index contributed by atoms with van der Waals surface area (Å²) in [5, 5.41) is 0. The fourth-order valence-electron chi connectivity index (χ4n) is 2.29. The molecular weight excluding hydrogens is 234 g/mol. The van der Waals surface area contributed by atoms with Crippen LogP contribution in [0.25, 0.3) is 11.0 Å². The van der Waals surface area contributed by atoms with Gasteiger partial charge in [-0.15, -0.1) is 0 Å². The molecule has 0 amide bonds. The molecule has 0 aliphatic carbocycles. The number of nitrogens with two attached hydrogens (primary N) is 1. The Morgan fingerprint density at radius 2 is 1.84 bits per heavy atom. The first kappa shape index (κ1) is 11.9. The molecule has 3 aromatic rings. The highest BCUT2D eigenvalue weighted by Crippen LogP contribution is 2.26. The second kappa shape index (κ2) is 4.21. The third-order valence-electron chi connectivity index (χ3n) is 3.50. The molecule has 2 aromatic carbocycles. The van der Waals surface area contributed by atoms with Crippen molar-refractivity contribution in [3.63, 3.8) is 0 Å². The fourth-order valence-corrected chi connectivity index (χ4v) is 2.29. The summed E-state index contributed by atoms with van der Waals surface area (Å²) in [4.78, 5) is 7.96. The predicted molar refractivity (Wildman–Crippen MR) is 77.9 cm³/mol. The van der Waals surface area contributed by atoms with Crippen LogP contribution in [0.5, 0.6) is 0 Å². The van der Waals surface area contributed by atoms with E-state index in [1.54, 1.807) is 0 Å². The molecule has 96 valence electrons. The molecule has 3 nitrogen and oxygen atoms in total. The first-order valence-corrected chi connectivity index (χ1v) is 6.38. The maximum atomic E-state index is 6.47. The summed E-state index contributed by atoms with van der Waals surface area (Å²) < 4.78 is 0. The monoisotopic (exact) mass is 251 g/mol. The standard InChI is InChI=1S/C16H17N3/c1-11-8-9-13-14(10-11)19-15(18-13)16(2,17)12-6-4-3-5-7-12/h3-10H,17H2,1-2H3,(H,18,19). The number of hydrogen-bond acceptors (Lipinski definition) is 2. The maximum absolute atomic E-state index is 6.47. The Hall–Kier alpha value is -2.13. The number of aromatic amines is 1. The molecule has 0 aliphatic heterocycles. The average Bonchev–Trinajstić information content (AvgIpc) is 2.83. The van der Waals surface area contributed by atoms with Crippen molar-refractivity contribution in [1.29, 1.82) is 0 Å². The van der Waals surface area contributed by atoms with Crippen molar-refractivity contribution in [1.82, 2.24) is 9.97 Å². The minimum absolute atomic E-state index is 0.617. The first-order valence-electron chi connectivity index (χ1n) is 6.38. The number of rotatable bonds is 2. The zero-order valence-electron chi connectivity index (χ0n) is 11.1. The molecule has 1 aromatic heterocycles. The van der Waals surface area contributed by atoms with Gasteiger partial charge in [-0.05, 0) is 37.1 Å². The molecule has 3 N–H and O–H groups in total. The fraction of sp³-hybridized carbons (Fsp3) is 0.188. The number of fused-ring (bicyclic) bond motifs is 1. The largest absolute Gasteiger partial charge is 0.340 e. The molecule has 1 heterocycles. The van der Waals surface area contributed by atoms with Crippen LogP contribution in [0.2, 0.25) is 0 Å². The van der Waals surface area contributed by atoms with Gasteiger partial charge in [-0.2, -0.15) is 0 Å². The summed E-state index contributed by atoms with van der Waals surface area (Å²) in [6, 6.07) is 16.2. The number of nitrogens with one attached hydrogen (secondary N) is 1. The minimum Gasteiger partial charge on any atom is -0.340 e. The van der Waals surface area contributed by atoms with E-state index in [-0.39, 0.29) is 0 Å². The van der Waals surface area contributed by atoms with Crippen LogP contribution >= 0.6 is 0 Å². The lowest BCUT2D eigenvalue weighted by Crippen LogP contribution is -2.35. The molecule has 19 heavy (non-hydrogen) atoms. The van der Waals surface area contributed by atoms with Crippen molar-refractivity contribution in [3.8, 4) is 0 Å². The van der Waals surface area contributed by atoms with E-state index in [1.165, 1.54) is 5.56 Å². The average molecular weight is 251 g/mol. The number of aromatic nitrogens is 2. The molecule has 0 fully saturated rings. The van der Waals surface area contributed by atoms with Crippen LogP contribution in [0.1, 0.15) is 23.9 Å². The van der Waals surface area contributed by atoms with Crippen LogP contribution in [0.3, 0.4) is 0 Å². The smallest absolute Gasteiger partial charge is 0.131 e. The third kappa shape index (κ3) is 2.02. The van der Waals surface area contributed by atoms with E-state index in [9.17, 15) is 0 Å². The van der Waals surface area contributed by atoms with E-state index < -0.39 is 5.54 Å². The van der Waals surface area contributed by atoms with Crippen molar-refractivity contribution < 1.29 is 0 Å². The summed E-state index contributed by atoms with van der Waals surface area (Å²) in [6.07, 6.45) is 0. The Morgan fingerprint density at radius 1 is 1.11 bits per heavy atom. The van der Waals surface area contributed by atoms with Gasteiger partial charge >= 0.3 is 0 Å². The minimum atomic E-state index is -0.617. The number of aryl methyl sites for hydroxylation is 1. The molecule has 0 spiro atoms. The molecule has 3 rings (SSSR count). The molecule has 0 bridgehead atoms. The van der Waals surface area contributed by atoms with Crippen LogP contribution in [-0.4, -0.2) is 9.97 Å². The van der Waals surface area contributed by atoms with Crippen LogP contribution in [0.15, 0.2) is 48.5 Å². The highest BCUT2D eigenvalue weighted by atomic mass is 15.0. The van der Waals surface area contributed by atoms with Gasteiger partial charge < -0.3 is 10.7 Å². The zero-order valence-corrected chi connectivity index (χ0v) is 11.1. The maximum Gasteiger partial charge on any atom is 0.131 e. The summed E-state index contributed by atoms with van der Waals surface area (Å²) in [7, 11) is 0. The zero-order chi connectivity index (χ0) is 13.5. The summed E-state index contributed by atoms with van der Waals surface area (Å²) in [6.45, 7) is 4.05. The predicted octanol–water partition coefficient (Wildman–Crippen LogP) is 3.09. The summed E-state index contributed by atoms with van der Waals surface area (Å²) in [5.74, 6) is 0.791. The molecule has 0 saturated carbocycles. The Kier molecular flexibility index (Phi) is 2.64. The van der Waals surface area contributed by atoms with Gasteiger partial charge in [0.25, 0.3) is 0 Å². The van der Waals surface area contributed by atoms with Gasteiger partial charge in [-0.3, -0.25) is 0 Å². The van der Waals surface area contributed by atoms with Crippen LogP contribution in [0, 0.1) is 6.92 Å². The molecule has 1 atom stereocenters. The summed E-state index contributed by atoms with van der Waals surface area (Å²) >= 11 is 0. The molecule has 0 saturated heterocycles. The van der Waals surface area contributed by atoms with Crippen LogP contribution in [0.4, 0.5) is 0 Å². The van der Waals surface area contributed by atoms with Crippen LogP contribution in [-0.2, 0) is 5.54 Å². The SMILES string of the molecule is Cc1ccc2nc(C(C)(N)c3ccccc3)[nH]c2c1. The molecule has 0 aliphatic rings. The van der Waals surface area contributed by atoms with Crippen molar-refractivity contribution in [2.24, 2.45) is 5.73 Å². The van der Waals surface area contributed by atoms with Gasteiger partial charge in [0, 0.05) is 0 Å². The Balaban J connectivity index is 2.13. The lowest BCUT2D eigenvalue weighted by molar-refractivity contribution is 0.567. The van der Waals surface area contributed by atoms with Crippen molar-refractivity contribution in [2.75, 3.05) is 0 Å². The van der Waals surface area contributed by atoms with E-state index in [4.69, 9.17) is 5.73 Å². The Bertz CT molecular complexity index is 711. The van der Waals surface area contributed by atoms with Crippen molar-refractivity contribution in [2.45, 2.75) is 19.4 Å². The number of nitrogens with zero attached hydrogens (tertiary/aromatic N) is 1. The highest BCUT2D eigenvalue weighted by molar-refractivity contribution is 5.76. The second-order valence-electron chi connectivity index (χ2n) is 5.17. The quantitative estimate of drug-likeness (QED) is 0.735. The van der Waals surface area contributed by atoms with E-state index in [0.29, 0.717) is 0 Å². The van der Waals surface area contributed by atoms with Gasteiger partial charge in [-0.25, -0.2) is 4.98 Å². The Labute approximate surface area is 112 Å². The van der Waals surface area contributed by atoms with Crippen molar-refractivity contribution >= 4 is 11.0 Å². The molecule has 1 unspecified atom stereocenters. The first-order chi connectivity index (χ1) is 9.07. The van der Waals surface area contributed by atoms with Gasteiger partial charge in [0.05, 0.1) is 16.6 Å². The third-order valence-corrected chi connectivity index (χ3v) is 3.50. The Morgan fingerprint density at radius 3 is 2.58 bits per heavy atom. The normalized spacial score (nSPS) is 14.5. The molecule has 0 radical (unpaired) electrons. The van der Waals surface area contributed by atoms with Gasteiger partial charge in [-0.1, -0.05) is 36.4 Å². The number of hydrogen-bond donors (Lipinski definition) is 2. The highest BCUT2D eigenvalue weighted by Gasteiger charge is 2.27. The second-order valence-corrected chi connectivity index (χ2v) is 5.17. The number of imidazole rings is 1. The lowest BCUT2D eigenvalue weighted by Gasteiger charge is -2.22. The summed E-state index contributed by atoms with van der Waals surface area (Å²) in [5.41, 5.74) is 10.1.